The Hall–Kier alpha value is -2.33. The van der Waals surface area contributed by atoms with E-state index in [1.54, 1.807) is 7.11 Å². The Labute approximate surface area is 156 Å². The maximum absolute atomic E-state index is 13.0. The summed E-state index contributed by atoms with van der Waals surface area (Å²) in [6, 6.07) is 18.0. The van der Waals surface area contributed by atoms with Crippen molar-refractivity contribution in [3.63, 3.8) is 0 Å². The Balaban J connectivity index is 1.72. The molecule has 4 nitrogen and oxygen atoms in total. The van der Waals surface area contributed by atoms with Gasteiger partial charge in [0.2, 0.25) is 5.91 Å². The fourth-order valence-corrected chi connectivity index (χ4v) is 3.39. The first-order valence-corrected chi connectivity index (χ1v) is 9.40. The summed E-state index contributed by atoms with van der Waals surface area (Å²) < 4.78 is 5.26. The summed E-state index contributed by atoms with van der Waals surface area (Å²) in [5.41, 5.74) is 2.16. The van der Waals surface area contributed by atoms with E-state index in [-0.39, 0.29) is 18.0 Å². The molecule has 2 aromatic carbocycles. The summed E-state index contributed by atoms with van der Waals surface area (Å²) in [4.78, 5) is 14.9. The third-order valence-corrected chi connectivity index (χ3v) is 5.02. The zero-order valence-corrected chi connectivity index (χ0v) is 15.8. The van der Waals surface area contributed by atoms with Gasteiger partial charge in [0.15, 0.2) is 0 Å². The largest absolute Gasteiger partial charge is 0.497 e. The maximum atomic E-state index is 13.0. The molecule has 2 unspecified atom stereocenters. The van der Waals surface area contributed by atoms with Gasteiger partial charge in [0.25, 0.3) is 0 Å². The van der Waals surface area contributed by atoms with Crippen LogP contribution in [0.5, 0.6) is 5.75 Å². The molecule has 2 aromatic rings. The van der Waals surface area contributed by atoms with Crippen molar-refractivity contribution < 1.29 is 9.53 Å². The number of benzene rings is 2. The lowest BCUT2D eigenvalue weighted by Crippen LogP contribution is -2.46. The molecule has 1 aliphatic rings. The number of hydrogen-bond acceptors (Lipinski definition) is 3. The molecule has 0 bridgehead atoms. The molecule has 0 heterocycles. The molecular formula is C22H28N2O2. The summed E-state index contributed by atoms with van der Waals surface area (Å²) in [6.45, 7) is 4.64. The van der Waals surface area contributed by atoms with Crippen LogP contribution in [0, 0.1) is 5.92 Å². The molecular weight excluding hydrogens is 324 g/mol. The number of para-hydroxylation sites is 1. The molecule has 1 N–H and O–H groups in total. The molecule has 1 amide bonds. The standard InChI is InChI=1S/C22H28N2O2/c1-4-24(19-8-6-5-7-9-19)22(25)16(2)23-21(17-10-11-17)18-12-14-20(26-3)15-13-18/h5-9,12-17,21,23H,4,10-11H2,1-3H3. The smallest absolute Gasteiger partial charge is 0.243 e. The molecule has 3 rings (SSSR count). The van der Waals surface area contributed by atoms with Gasteiger partial charge in [-0.05, 0) is 62.4 Å². The van der Waals surface area contributed by atoms with Crippen LogP contribution in [-0.4, -0.2) is 25.6 Å². The molecule has 0 spiro atoms. The zero-order valence-electron chi connectivity index (χ0n) is 15.8. The molecule has 138 valence electrons. The number of carbonyl (C=O) groups excluding carboxylic acids is 1. The molecule has 0 aliphatic heterocycles. The van der Waals surface area contributed by atoms with Crippen molar-refractivity contribution in [1.29, 1.82) is 0 Å². The van der Waals surface area contributed by atoms with E-state index in [9.17, 15) is 4.79 Å². The molecule has 4 heteroatoms. The fourth-order valence-electron chi connectivity index (χ4n) is 3.39. The highest BCUT2D eigenvalue weighted by Crippen LogP contribution is 2.41. The lowest BCUT2D eigenvalue weighted by atomic mass is 10.0. The van der Waals surface area contributed by atoms with Crippen LogP contribution in [0.4, 0.5) is 5.69 Å². The molecule has 26 heavy (non-hydrogen) atoms. The Morgan fingerprint density at radius 1 is 1.15 bits per heavy atom. The summed E-state index contributed by atoms with van der Waals surface area (Å²) in [5.74, 6) is 1.57. The topological polar surface area (TPSA) is 41.6 Å². The Morgan fingerprint density at radius 2 is 1.81 bits per heavy atom. The second-order valence-electron chi connectivity index (χ2n) is 6.89. The van der Waals surface area contributed by atoms with E-state index in [1.165, 1.54) is 18.4 Å². The number of likely N-dealkylation sites (N-methyl/N-ethyl adjacent to an activating group) is 1. The van der Waals surface area contributed by atoms with E-state index >= 15 is 0 Å². The van der Waals surface area contributed by atoms with Gasteiger partial charge in [0, 0.05) is 18.3 Å². The highest BCUT2D eigenvalue weighted by Gasteiger charge is 2.34. The lowest BCUT2D eigenvalue weighted by molar-refractivity contribution is -0.120. The van der Waals surface area contributed by atoms with Crippen LogP contribution in [-0.2, 0) is 4.79 Å². The average Bonchev–Trinajstić information content (AvgIpc) is 3.52. The summed E-state index contributed by atoms with van der Waals surface area (Å²) in [7, 11) is 1.68. The van der Waals surface area contributed by atoms with E-state index in [0.717, 1.165) is 11.4 Å². The van der Waals surface area contributed by atoms with Crippen LogP contribution in [0.25, 0.3) is 0 Å². The molecule has 0 aromatic heterocycles. The van der Waals surface area contributed by atoms with Gasteiger partial charge in [0.05, 0.1) is 13.2 Å². The number of nitrogens with zero attached hydrogens (tertiary/aromatic N) is 1. The van der Waals surface area contributed by atoms with Crippen LogP contribution in [0.15, 0.2) is 54.6 Å². The molecule has 0 radical (unpaired) electrons. The van der Waals surface area contributed by atoms with Gasteiger partial charge in [-0.3, -0.25) is 10.1 Å². The van der Waals surface area contributed by atoms with Crippen molar-refractivity contribution in [3.05, 3.63) is 60.2 Å². The predicted molar refractivity (Wildman–Crippen MR) is 106 cm³/mol. The van der Waals surface area contributed by atoms with Crippen LogP contribution in [0.3, 0.4) is 0 Å². The molecule has 1 aliphatic carbocycles. The van der Waals surface area contributed by atoms with Gasteiger partial charge in [-0.15, -0.1) is 0 Å². The summed E-state index contributed by atoms with van der Waals surface area (Å²) in [6.07, 6.45) is 2.42. The highest BCUT2D eigenvalue weighted by molar-refractivity contribution is 5.96. The van der Waals surface area contributed by atoms with Gasteiger partial charge in [-0.1, -0.05) is 30.3 Å². The van der Waals surface area contributed by atoms with E-state index in [0.29, 0.717) is 12.5 Å². The number of methoxy groups -OCH3 is 1. The first-order chi connectivity index (χ1) is 12.6. The fraction of sp³-hybridized carbons (Fsp3) is 0.409. The number of anilines is 1. The van der Waals surface area contributed by atoms with Gasteiger partial charge < -0.3 is 9.64 Å². The SMILES string of the molecule is CCN(C(=O)C(C)NC(c1ccc(OC)cc1)C1CC1)c1ccccc1. The van der Waals surface area contributed by atoms with E-state index in [1.807, 2.05) is 61.2 Å². The molecule has 0 saturated heterocycles. The van der Waals surface area contributed by atoms with Gasteiger partial charge in [0.1, 0.15) is 5.75 Å². The normalized spacial score (nSPS) is 16.0. The Kier molecular flexibility index (Phi) is 5.94. The third kappa shape index (κ3) is 4.25. The Bertz CT molecular complexity index is 711. The van der Waals surface area contributed by atoms with Gasteiger partial charge >= 0.3 is 0 Å². The monoisotopic (exact) mass is 352 g/mol. The number of carbonyl (C=O) groups is 1. The number of rotatable bonds is 8. The maximum Gasteiger partial charge on any atom is 0.243 e. The minimum atomic E-state index is -0.247. The average molecular weight is 352 g/mol. The van der Waals surface area contributed by atoms with Crippen LogP contribution < -0.4 is 15.0 Å². The number of hydrogen-bond donors (Lipinski definition) is 1. The predicted octanol–water partition coefficient (Wildman–Crippen LogP) is 4.18. The summed E-state index contributed by atoms with van der Waals surface area (Å²) in [5, 5.41) is 3.58. The number of amides is 1. The van der Waals surface area contributed by atoms with Crippen LogP contribution >= 0.6 is 0 Å². The second kappa shape index (κ2) is 8.37. The van der Waals surface area contributed by atoms with Crippen LogP contribution in [0.2, 0.25) is 0 Å². The zero-order chi connectivity index (χ0) is 18.5. The first-order valence-electron chi connectivity index (χ1n) is 9.40. The van der Waals surface area contributed by atoms with Crippen molar-refractivity contribution >= 4 is 11.6 Å². The van der Waals surface area contributed by atoms with E-state index in [2.05, 4.69) is 17.4 Å². The van der Waals surface area contributed by atoms with Crippen LogP contribution in [0.1, 0.15) is 38.3 Å². The number of nitrogens with one attached hydrogen (secondary N) is 1. The van der Waals surface area contributed by atoms with Crippen molar-refractivity contribution in [1.82, 2.24) is 5.32 Å². The van der Waals surface area contributed by atoms with Crippen molar-refractivity contribution in [2.45, 2.75) is 38.8 Å². The molecule has 2 atom stereocenters. The minimum absolute atomic E-state index is 0.109. The van der Waals surface area contributed by atoms with Crippen molar-refractivity contribution in [3.8, 4) is 5.75 Å². The highest BCUT2D eigenvalue weighted by atomic mass is 16.5. The lowest BCUT2D eigenvalue weighted by Gasteiger charge is -2.28. The quantitative estimate of drug-likeness (QED) is 0.775. The van der Waals surface area contributed by atoms with E-state index < -0.39 is 0 Å². The first kappa shape index (κ1) is 18.5. The van der Waals surface area contributed by atoms with Crippen molar-refractivity contribution in [2.24, 2.45) is 5.92 Å². The summed E-state index contributed by atoms with van der Waals surface area (Å²) >= 11 is 0. The molecule has 1 saturated carbocycles. The number of ether oxygens (including phenoxy) is 1. The van der Waals surface area contributed by atoms with Gasteiger partial charge in [-0.25, -0.2) is 0 Å². The van der Waals surface area contributed by atoms with Crippen molar-refractivity contribution in [2.75, 3.05) is 18.6 Å². The minimum Gasteiger partial charge on any atom is -0.497 e. The van der Waals surface area contributed by atoms with Gasteiger partial charge in [-0.2, -0.15) is 0 Å². The third-order valence-electron chi connectivity index (χ3n) is 5.02. The Morgan fingerprint density at radius 3 is 2.35 bits per heavy atom. The second-order valence-corrected chi connectivity index (χ2v) is 6.89. The van der Waals surface area contributed by atoms with E-state index in [4.69, 9.17) is 4.74 Å². The molecule has 1 fully saturated rings.